The fraction of sp³-hybridized carbons (Fsp3) is 0.265. The number of amides is 4. The molecule has 0 bridgehead atoms. The Kier molecular flexibility index (Phi) is 7.76. The van der Waals surface area contributed by atoms with E-state index in [-0.39, 0.29) is 28.8 Å². The van der Waals surface area contributed by atoms with Crippen molar-refractivity contribution >= 4 is 56.5 Å². The van der Waals surface area contributed by atoms with Gasteiger partial charge in [0.05, 0.1) is 22.4 Å². The highest BCUT2D eigenvalue weighted by atomic mass is 32.1. The third kappa shape index (κ3) is 5.97. The SMILES string of the molecule is Cc1cc(Oc2ccccc2)ccc1N1C(=O)Nc2c(C(=O)NC3CCN(C(=O)C(C#N)=CC(C)(C)C)C3)sc3nccc1c23. The highest BCUT2D eigenvalue weighted by molar-refractivity contribution is 7.21. The first kappa shape index (κ1) is 29.8. The second-order valence-corrected chi connectivity index (χ2v) is 13.2. The molecule has 2 aliphatic rings. The Morgan fingerprint density at radius 2 is 1.91 bits per heavy atom. The molecule has 10 nitrogen and oxygen atoms in total. The van der Waals surface area contributed by atoms with E-state index in [9.17, 15) is 19.6 Å². The number of rotatable bonds is 6. The van der Waals surface area contributed by atoms with Crippen LogP contribution in [-0.4, -0.2) is 46.9 Å². The fourth-order valence-electron chi connectivity index (χ4n) is 5.61. The number of urea groups is 1. The molecule has 2 aliphatic heterocycles. The van der Waals surface area contributed by atoms with E-state index in [0.717, 1.165) is 5.56 Å². The second kappa shape index (κ2) is 11.7. The third-order valence-electron chi connectivity index (χ3n) is 7.58. The molecule has 0 saturated carbocycles. The van der Waals surface area contributed by atoms with Crippen molar-refractivity contribution in [2.75, 3.05) is 23.3 Å². The minimum atomic E-state index is -0.394. The fourth-order valence-corrected chi connectivity index (χ4v) is 6.63. The average molecular weight is 621 g/mol. The van der Waals surface area contributed by atoms with Gasteiger partial charge in [-0.2, -0.15) is 5.26 Å². The first-order chi connectivity index (χ1) is 21.5. The standard InChI is InChI=1S/C34H32N6O4S/c1-20-16-24(44-23-8-6-5-7-9-23)10-11-25(20)40-26-12-14-36-31-27(26)28(38-33(40)43)29(45-31)30(41)37-22-13-15-39(19-22)32(42)21(18-35)17-34(2,3)4/h5-12,14,16-17,22H,13,15,19H2,1-4H3,(H,37,41)(H,38,43). The van der Waals surface area contributed by atoms with Crippen LogP contribution in [0.4, 0.5) is 21.9 Å². The third-order valence-corrected chi connectivity index (χ3v) is 8.68. The number of thiophene rings is 1. The topological polar surface area (TPSA) is 128 Å². The Balaban J connectivity index is 1.23. The van der Waals surface area contributed by atoms with Gasteiger partial charge in [0, 0.05) is 25.3 Å². The highest BCUT2D eigenvalue weighted by Gasteiger charge is 2.35. The summed E-state index contributed by atoms with van der Waals surface area (Å²) >= 11 is 1.21. The van der Waals surface area contributed by atoms with Gasteiger partial charge in [-0.25, -0.2) is 9.78 Å². The van der Waals surface area contributed by atoms with Gasteiger partial charge in [-0.1, -0.05) is 45.0 Å². The van der Waals surface area contributed by atoms with Crippen molar-refractivity contribution in [1.29, 1.82) is 5.26 Å². The van der Waals surface area contributed by atoms with Gasteiger partial charge in [-0.05, 0) is 60.7 Å². The molecule has 2 aromatic heterocycles. The number of nitrogens with one attached hydrogen (secondary N) is 2. The van der Waals surface area contributed by atoms with E-state index in [2.05, 4.69) is 15.6 Å². The predicted molar refractivity (Wildman–Crippen MR) is 174 cm³/mol. The Bertz CT molecular complexity index is 1900. The number of anilines is 3. The summed E-state index contributed by atoms with van der Waals surface area (Å²) in [5, 5.41) is 16.2. The van der Waals surface area contributed by atoms with Crippen LogP contribution in [0.5, 0.6) is 11.5 Å². The van der Waals surface area contributed by atoms with E-state index in [1.165, 1.54) is 11.3 Å². The summed E-state index contributed by atoms with van der Waals surface area (Å²) in [5.41, 5.74) is 2.34. The number of hydrogen-bond acceptors (Lipinski definition) is 7. The van der Waals surface area contributed by atoms with Crippen LogP contribution >= 0.6 is 11.3 Å². The summed E-state index contributed by atoms with van der Waals surface area (Å²) in [4.78, 5) is 48.8. The predicted octanol–water partition coefficient (Wildman–Crippen LogP) is 6.91. The van der Waals surface area contributed by atoms with Crippen LogP contribution in [0, 0.1) is 23.7 Å². The van der Waals surface area contributed by atoms with Crippen molar-refractivity contribution in [1.82, 2.24) is 15.2 Å². The number of nitrogens with zero attached hydrogens (tertiary/aromatic N) is 4. The quantitative estimate of drug-likeness (QED) is 0.178. The molecule has 2 aromatic carbocycles. The number of nitriles is 1. The van der Waals surface area contributed by atoms with Gasteiger partial charge >= 0.3 is 6.03 Å². The molecule has 2 N–H and O–H groups in total. The maximum absolute atomic E-state index is 13.6. The number of hydrogen-bond donors (Lipinski definition) is 2. The van der Waals surface area contributed by atoms with Crippen LogP contribution in [0.25, 0.3) is 10.2 Å². The number of carbonyl (C=O) groups is 3. The number of benzene rings is 2. The van der Waals surface area contributed by atoms with Gasteiger partial charge in [-0.3, -0.25) is 14.5 Å². The lowest BCUT2D eigenvalue weighted by atomic mass is 9.93. The summed E-state index contributed by atoms with van der Waals surface area (Å²) in [6.07, 6.45) is 3.86. The number of likely N-dealkylation sites (tertiary alicyclic amines) is 1. The van der Waals surface area contributed by atoms with Crippen molar-refractivity contribution in [3.8, 4) is 17.6 Å². The Morgan fingerprint density at radius 1 is 1.13 bits per heavy atom. The molecule has 11 heteroatoms. The summed E-state index contributed by atoms with van der Waals surface area (Å²) < 4.78 is 5.97. The monoisotopic (exact) mass is 620 g/mol. The molecule has 4 heterocycles. The zero-order valence-electron chi connectivity index (χ0n) is 25.4. The van der Waals surface area contributed by atoms with Crippen molar-refractivity contribution in [3.63, 3.8) is 0 Å². The molecular weight excluding hydrogens is 588 g/mol. The van der Waals surface area contributed by atoms with E-state index in [1.807, 2.05) is 82.3 Å². The molecule has 1 unspecified atom stereocenters. The van der Waals surface area contributed by atoms with E-state index >= 15 is 0 Å². The minimum Gasteiger partial charge on any atom is -0.457 e. The first-order valence-corrected chi connectivity index (χ1v) is 15.4. The normalized spacial score (nSPS) is 16.4. The molecule has 1 fully saturated rings. The zero-order valence-corrected chi connectivity index (χ0v) is 26.2. The number of pyridine rings is 1. The van der Waals surface area contributed by atoms with Crippen LogP contribution in [0.1, 0.15) is 42.4 Å². The largest absolute Gasteiger partial charge is 0.457 e. The van der Waals surface area contributed by atoms with Gasteiger partial charge < -0.3 is 20.3 Å². The number of ether oxygens (including phenoxy) is 1. The van der Waals surface area contributed by atoms with Crippen molar-refractivity contribution in [2.45, 2.75) is 40.2 Å². The molecule has 45 heavy (non-hydrogen) atoms. The van der Waals surface area contributed by atoms with E-state index in [1.54, 1.807) is 28.1 Å². The van der Waals surface area contributed by atoms with Crippen LogP contribution < -0.4 is 20.3 Å². The first-order valence-electron chi connectivity index (χ1n) is 14.6. The van der Waals surface area contributed by atoms with Crippen LogP contribution in [0.15, 0.2) is 72.4 Å². The summed E-state index contributed by atoms with van der Waals surface area (Å²) in [6.45, 7) is 8.42. The van der Waals surface area contributed by atoms with Gasteiger partial charge in [-0.15, -0.1) is 11.3 Å². The Morgan fingerprint density at radius 3 is 2.62 bits per heavy atom. The molecule has 4 amide bonds. The lowest BCUT2D eigenvalue weighted by Crippen LogP contribution is -2.39. The lowest BCUT2D eigenvalue weighted by Gasteiger charge is -2.29. The van der Waals surface area contributed by atoms with Gasteiger partial charge in [0.2, 0.25) is 0 Å². The Labute approximate surface area is 264 Å². The maximum atomic E-state index is 13.6. The van der Waals surface area contributed by atoms with Crippen LogP contribution in [-0.2, 0) is 4.79 Å². The van der Waals surface area contributed by atoms with Crippen molar-refractivity contribution < 1.29 is 19.1 Å². The molecule has 1 saturated heterocycles. The smallest absolute Gasteiger partial charge is 0.331 e. The average Bonchev–Trinajstić information content (AvgIpc) is 3.62. The second-order valence-electron chi connectivity index (χ2n) is 12.2. The Hall–Kier alpha value is -5.21. The molecular formula is C34H32N6O4S. The van der Waals surface area contributed by atoms with Gasteiger partial charge in [0.25, 0.3) is 11.8 Å². The molecule has 0 spiro atoms. The number of aryl methyl sites for hydroxylation is 1. The van der Waals surface area contributed by atoms with Crippen LogP contribution in [0.3, 0.4) is 0 Å². The van der Waals surface area contributed by atoms with E-state index in [0.29, 0.717) is 63.2 Å². The number of allylic oxidation sites excluding steroid dienone is 1. The lowest BCUT2D eigenvalue weighted by molar-refractivity contribution is -0.125. The van der Waals surface area contributed by atoms with Crippen molar-refractivity contribution in [2.24, 2.45) is 5.41 Å². The minimum absolute atomic E-state index is 0.0999. The molecule has 4 aromatic rings. The molecule has 6 rings (SSSR count). The zero-order chi connectivity index (χ0) is 31.9. The summed E-state index contributed by atoms with van der Waals surface area (Å²) in [5.74, 6) is 0.677. The van der Waals surface area contributed by atoms with Gasteiger partial charge in [0.1, 0.15) is 32.8 Å². The molecule has 0 aliphatic carbocycles. The van der Waals surface area contributed by atoms with Crippen molar-refractivity contribution in [3.05, 3.63) is 82.9 Å². The number of aromatic nitrogens is 1. The highest BCUT2D eigenvalue weighted by Crippen LogP contribution is 2.46. The van der Waals surface area contributed by atoms with E-state index < -0.39 is 6.03 Å². The van der Waals surface area contributed by atoms with E-state index in [4.69, 9.17) is 4.74 Å². The maximum Gasteiger partial charge on any atom is 0.331 e. The van der Waals surface area contributed by atoms with Gasteiger partial charge in [0.15, 0.2) is 0 Å². The summed E-state index contributed by atoms with van der Waals surface area (Å²) in [7, 11) is 0. The molecule has 1 atom stereocenters. The van der Waals surface area contributed by atoms with Crippen LogP contribution in [0.2, 0.25) is 0 Å². The number of para-hydroxylation sites is 1. The number of carbonyl (C=O) groups excluding carboxylic acids is 3. The molecule has 0 radical (unpaired) electrons. The molecule has 228 valence electrons. The summed E-state index contributed by atoms with van der Waals surface area (Å²) in [6, 6.07) is 18.1.